The second-order valence-corrected chi connectivity index (χ2v) is 6.57. The summed E-state index contributed by atoms with van der Waals surface area (Å²) in [6.07, 6.45) is 1.59. The summed E-state index contributed by atoms with van der Waals surface area (Å²) in [5.41, 5.74) is 2.34. The van der Waals surface area contributed by atoms with Gasteiger partial charge in [0, 0.05) is 17.8 Å². The van der Waals surface area contributed by atoms with Crippen LogP contribution in [-0.2, 0) is 25.5 Å². The van der Waals surface area contributed by atoms with Crippen LogP contribution in [-0.4, -0.2) is 35.1 Å². The van der Waals surface area contributed by atoms with E-state index < -0.39 is 17.9 Å². The smallest absolute Gasteiger partial charge is 0.336 e. The minimum absolute atomic E-state index is 0.220. The summed E-state index contributed by atoms with van der Waals surface area (Å²) in [5.74, 6) is -1.05. The van der Waals surface area contributed by atoms with Gasteiger partial charge in [0.05, 0.1) is 36.0 Å². The van der Waals surface area contributed by atoms with Crippen LogP contribution >= 0.6 is 11.6 Å². The summed E-state index contributed by atoms with van der Waals surface area (Å²) >= 11 is 6.39. The molecule has 0 aliphatic carbocycles. The van der Waals surface area contributed by atoms with E-state index in [9.17, 15) is 9.59 Å². The summed E-state index contributed by atoms with van der Waals surface area (Å²) < 4.78 is 10.5. The molecule has 27 heavy (non-hydrogen) atoms. The summed E-state index contributed by atoms with van der Waals surface area (Å²) in [6, 6.07) is 0. The molecule has 8 heteroatoms. The van der Waals surface area contributed by atoms with E-state index in [0.717, 1.165) is 6.42 Å². The van der Waals surface area contributed by atoms with Crippen molar-refractivity contribution in [1.82, 2.24) is 15.3 Å². The number of esters is 2. The van der Waals surface area contributed by atoms with Gasteiger partial charge in [-0.2, -0.15) is 0 Å². The number of carbonyl (C=O) groups excluding carboxylic acids is 2. The second kappa shape index (κ2) is 9.08. The lowest BCUT2D eigenvalue weighted by atomic mass is 9.83. The molecule has 148 valence electrons. The molecule has 1 aliphatic rings. The van der Waals surface area contributed by atoms with Gasteiger partial charge >= 0.3 is 11.9 Å². The number of hydrogen-bond donors (Lipinski definition) is 2. The largest absolute Gasteiger partial charge is 0.463 e. The van der Waals surface area contributed by atoms with Gasteiger partial charge in [0.25, 0.3) is 0 Å². The molecule has 7 nitrogen and oxygen atoms in total. The zero-order valence-electron chi connectivity index (χ0n) is 16.4. The summed E-state index contributed by atoms with van der Waals surface area (Å²) in [7, 11) is 0. The number of ether oxygens (including phenoxy) is 2. The fraction of sp³-hybridized carbons (Fsp3) is 0.526. The molecule has 0 radical (unpaired) electrons. The summed E-state index contributed by atoms with van der Waals surface area (Å²) in [5, 5.41) is 3.32. The third-order valence-electron chi connectivity index (χ3n) is 4.26. The van der Waals surface area contributed by atoms with E-state index in [1.807, 2.05) is 6.92 Å². The second-order valence-electron chi connectivity index (χ2n) is 6.21. The molecule has 0 bridgehead atoms. The van der Waals surface area contributed by atoms with Gasteiger partial charge in [-0.1, -0.05) is 18.5 Å². The average Bonchev–Trinajstić information content (AvgIpc) is 2.94. The van der Waals surface area contributed by atoms with E-state index in [1.54, 1.807) is 27.7 Å². The molecular weight excluding hydrogens is 370 g/mol. The van der Waals surface area contributed by atoms with Gasteiger partial charge in [0.2, 0.25) is 0 Å². The Bertz CT molecular complexity index is 755. The highest BCUT2D eigenvalue weighted by Gasteiger charge is 2.40. The normalized spacial score (nSPS) is 15.0. The molecule has 0 amide bonds. The molecule has 0 saturated heterocycles. The maximum Gasteiger partial charge on any atom is 0.336 e. The van der Waals surface area contributed by atoms with E-state index in [2.05, 4.69) is 15.3 Å². The first kappa shape index (κ1) is 21.0. The summed E-state index contributed by atoms with van der Waals surface area (Å²) in [4.78, 5) is 32.9. The first-order chi connectivity index (χ1) is 12.8. The number of H-pyrrole nitrogens is 1. The number of nitrogens with one attached hydrogen (secondary N) is 2. The predicted octanol–water partition coefficient (Wildman–Crippen LogP) is 3.38. The van der Waals surface area contributed by atoms with E-state index in [1.165, 1.54) is 0 Å². The van der Waals surface area contributed by atoms with E-state index in [4.69, 9.17) is 21.1 Å². The number of hydrogen-bond acceptors (Lipinski definition) is 6. The van der Waals surface area contributed by atoms with Crippen LogP contribution in [0.4, 0.5) is 0 Å². The maximum absolute atomic E-state index is 12.7. The molecule has 0 atom stereocenters. The van der Waals surface area contributed by atoms with Crippen LogP contribution < -0.4 is 5.32 Å². The van der Waals surface area contributed by atoms with Crippen molar-refractivity contribution in [3.8, 4) is 0 Å². The molecule has 0 saturated carbocycles. The Labute approximate surface area is 164 Å². The van der Waals surface area contributed by atoms with Crippen LogP contribution in [0.15, 0.2) is 22.5 Å². The SMILES string of the molecule is CCCc1nc(Cl)c(C2C(C(=O)OCC)=C(C)NC(C)=C2C(=O)OCC)[nH]1. The zero-order valence-corrected chi connectivity index (χ0v) is 17.1. The van der Waals surface area contributed by atoms with Gasteiger partial charge in [0.15, 0.2) is 5.15 Å². The Morgan fingerprint density at radius 1 is 1.04 bits per heavy atom. The monoisotopic (exact) mass is 395 g/mol. The number of aromatic amines is 1. The number of dihydropyridines is 1. The molecule has 2 heterocycles. The van der Waals surface area contributed by atoms with Crippen LogP contribution in [0.2, 0.25) is 5.15 Å². The summed E-state index contributed by atoms with van der Waals surface area (Å²) in [6.45, 7) is 9.46. The number of aromatic nitrogens is 2. The number of rotatable bonds is 7. The minimum atomic E-state index is -0.741. The van der Waals surface area contributed by atoms with Crippen molar-refractivity contribution in [2.75, 3.05) is 13.2 Å². The van der Waals surface area contributed by atoms with Gasteiger partial charge in [-0.15, -0.1) is 0 Å². The fourth-order valence-electron chi connectivity index (χ4n) is 3.20. The standard InChI is InChI=1S/C19H26ClN3O4/c1-6-9-12-22-16(17(20)23-12)15-13(18(24)26-7-2)10(4)21-11(5)14(15)19(25)27-8-3/h15,21H,6-9H2,1-5H3,(H,22,23). The lowest BCUT2D eigenvalue weighted by Crippen LogP contribution is -2.32. The van der Waals surface area contributed by atoms with Crippen molar-refractivity contribution in [2.45, 2.75) is 53.4 Å². The minimum Gasteiger partial charge on any atom is -0.463 e. The molecule has 2 rings (SSSR count). The number of halogens is 1. The van der Waals surface area contributed by atoms with Gasteiger partial charge in [0.1, 0.15) is 5.82 Å². The first-order valence-corrected chi connectivity index (χ1v) is 9.50. The van der Waals surface area contributed by atoms with E-state index in [-0.39, 0.29) is 18.4 Å². The fourth-order valence-corrected chi connectivity index (χ4v) is 3.46. The third-order valence-corrected chi connectivity index (χ3v) is 4.55. The molecule has 0 fully saturated rings. The van der Waals surface area contributed by atoms with Crippen molar-refractivity contribution in [1.29, 1.82) is 0 Å². The topological polar surface area (TPSA) is 93.3 Å². The van der Waals surface area contributed by atoms with Crippen LogP contribution in [0.25, 0.3) is 0 Å². The third kappa shape index (κ3) is 4.35. The Balaban J connectivity index is 2.65. The van der Waals surface area contributed by atoms with Crippen molar-refractivity contribution in [3.63, 3.8) is 0 Å². The maximum atomic E-state index is 12.7. The molecule has 0 unspecified atom stereocenters. The van der Waals surface area contributed by atoms with Crippen molar-refractivity contribution in [2.24, 2.45) is 0 Å². The van der Waals surface area contributed by atoms with Crippen LogP contribution in [0.1, 0.15) is 58.5 Å². The van der Waals surface area contributed by atoms with Gasteiger partial charge in [-0.05, 0) is 34.1 Å². The lowest BCUT2D eigenvalue weighted by molar-refractivity contribution is -0.139. The lowest BCUT2D eigenvalue weighted by Gasteiger charge is -2.29. The highest BCUT2D eigenvalue weighted by atomic mass is 35.5. The Morgan fingerprint density at radius 3 is 2.00 bits per heavy atom. The van der Waals surface area contributed by atoms with Crippen LogP contribution in [0.3, 0.4) is 0 Å². The number of allylic oxidation sites excluding steroid dienone is 2. The molecular formula is C19H26ClN3O4. The molecule has 1 aliphatic heterocycles. The molecule has 0 spiro atoms. The van der Waals surface area contributed by atoms with Gasteiger partial charge < -0.3 is 19.8 Å². The van der Waals surface area contributed by atoms with Crippen molar-refractivity contribution in [3.05, 3.63) is 39.2 Å². The molecule has 1 aromatic heterocycles. The first-order valence-electron chi connectivity index (χ1n) is 9.12. The quantitative estimate of drug-likeness (QED) is 0.687. The number of carbonyl (C=O) groups is 2. The molecule has 2 N–H and O–H groups in total. The number of nitrogens with zero attached hydrogens (tertiary/aromatic N) is 1. The molecule has 1 aromatic rings. The van der Waals surface area contributed by atoms with Crippen molar-refractivity contribution >= 4 is 23.5 Å². The van der Waals surface area contributed by atoms with E-state index >= 15 is 0 Å². The van der Waals surface area contributed by atoms with Crippen LogP contribution in [0, 0.1) is 0 Å². The van der Waals surface area contributed by atoms with Crippen LogP contribution in [0.5, 0.6) is 0 Å². The van der Waals surface area contributed by atoms with Crippen molar-refractivity contribution < 1.29 is 19.1 Å². The average molecular weight is 396 g/mol. The van der Waals surface area contributed by atoms with E-state index in [0.29, 0.717) is 40.5 Å². The highest BCUT2D eigenvalue weighted by molar-refractivity contribution is 6.30. The molecule has 0 aromatic carbocycles. The zero-order chi connectivity index (χ0) is 20.1. The number of aryl methyl sites for hydroxylation is 1. The van der Waals surface area contributed by atoms with Gasteiger partial charge in [-0.25, -0.2) is 14.6 Å². The Kier molecular flexibility index (Phi) is 7.07. The van der Waals surface area contributed by atoms with Gasteiger partial charge in [-0.3, -0.25) is 0 Å². The Hall–Kier alpha value is -2.28. The Morgan fingerprint density at radius 2 is 1.56 bits per heavy atom. The number of imidazole rings is 1. The highest BCUT2D eigenvalue weighted by Crippen LogP contribution is 2.41. The predicted molar refractivity (Wildman–Crippen MR) is 102 cm³/mol.